The molecule has 106 valence electrons. The van der Waals surface area contributed by atoms with Crippen molar-refractivity contribution < 1.29 is 10.2 Å². The van der Waals surface area contributed by atoms with Gasteiger partial charge >= 0.3 is 0 Å². The SMILES string of the molecule is Oc1ccccc1[C@H]1[C@H](c2ccccc2O)[C@H]2C=C[C@@H]1C2. The lowest BCUT2D eigenvalue weighted by Crippen LogP contribution is -2.16. The molecule has 0 amide bonds. The Hall–Kier alpha value is -2.22. The van der Waals surface area contributed by atoms with Crippen molar-refractivity contribution in [1.82, 2.24) is 0 Å². The number of para-hydroxylation sites is 2. The smallest absolute Gasteiger partial charge is 0.119 e. The molecular weight excluding hydrogens is 260 g/mol. The zero-order valence-corrected chi connectivity index (χ0v) is 11.7. The molecule has 1 saturated carbocycles. The topological polar surface area (TPSA) is 40.5 Å². The number of aromatic hydroxyl groups is 2. The van der Waals surface area contributed by atoms with E-state index in [1.807, 2.05) is 36.4 Å². The standard InChI is InChI=1S/C19H18O2/c20-16-7-3-1-5-14(16)18-12-9-10-13(11-12)19(18)15-6-2-4-8-17(15)21/h1-10,12-13,18-21H,11H2/t12-,13+,18-,19-/m0/s1. The van der Waals surface area contributed by atoms with Crippen LogP contribution in [0.4, 0.5) is 0 Å². The van der Waals surface area contributed by atoms with Gasteiger partial charge in [-0.2, -0.15) is 0 Å². The van der Waals surface area contributed by atoms with Crippen molar-refractivity contribution in [3.63, 3.8) is 0 Å². The number of phenolic OH excluding ortho intramolecular Hbond substituents is 2. The lowest BCUT2D eigenvalue weighted by molar-refractivity contribution is 0.421. The van der Waals surface area contributed by atoms with Crippen LogP contribution >= 0.6 is 0 Å². The number of fused-ring (bicyclic) bond motifs is 2. The Kier molecular flexibility index (Phi) is 2.78. The first kappa shape index (κ1) is 12.5. The van der Waals surface area contributed by atoms with Gasteiger partial charge in [-0.15, -0.1) is 0 Å². The zero-order chi connectivity index (χ0) is 14.4. The molecule has 2 N–H and O–H groups in total. The van der Waals surface area contributed by atoms with Gasteiger partial charge in [0.05, 0.1) is 0 Å². The van der Waals surface area contributed by atoms with Crippen LogP contribution in [0.1, 0.15) is 29.4 Å². The van der Waals surface area contributed by atoms with E-state index >= 15 is 0 Å². The summed E-state index contributed by atoms with van der Waals surface area (Å²) in [5, 5.41) is 20.5. The Morgan fingerprint density at radius 2 is 1.10 bits per heavy atom. The molecule has 2 heteroatoms. The molecule has 0 spiro atoms. The fourth-order valence-electron chi connectivity index (χ4n) is 4.21. The van der Waals surface area contributed by atoms with Crippen LogP contribution in [0.15, 0.2) is 60.7 Å². The van der Waals surface area contributed by atoms with E-state index in [9.17, 15) is 10.2 Å². The predicted octanol–water partition coefficient (Wildman–Crippen LogP) is 4.17. The Morgan fingerprint density at radius 3 is 1.52 bits per heavy atom. The first-order chi connectivity index (χ1) is 10.3. The Bertz CT molecular complexity index is 645. The van der Waals surface area contributed by atoms with Gasteiger partial charge < -0.3 is 10.2 Å². The van der Waals surface area contributed by atoms with Gasteiger partial charge in [-0.1, -0.05) is 48.6 Å². The first-order valence-corrected chi connectivity index (χ1v) is 7.50. The van der Waals surface area contributed by atoms with E-state index in [-0.39, 0.29) is 11.8 Å². The summed E-state index contributed by atoms with van der Waals surface area (Å²) in [5.74, 6) is 2.12. The molecule has 0 saturated heterocycles. The Labute approximate surface area is 124 Å². The maximum Gasteiger partial charge on any atom is 0.119 e. The largest absolute Gasteiger partial charge is 0.508 e. The molecule has 0 aliphatic heterocycles. The molecule has 4 atom stereocenters. The summed E-state index contributed by atoms with van der Waals surface area (Å²) < 4.78 is 0. The summed E-state index contributed by atoms with van der Waals surface area (Å²) in [7, 11) is 0. The molecule has 2 aromatic rings. The molecule has 0 unspecified atom stereocenters. The molecule has 0 aromatic heterocycles. The fraction of sp³-hybridized carbons (Fsp3) is 0.263. The van der Waals surface area contributed by atoms with Crippen molar-refractivity contribution in [2.45, 2.75) is 18.3 Å². The van der Waals surface area contributed by atoms with E-state index in [1.54, 1.807) is 12.1 Å². The van der Waals surface area contributed by atoms with E-state index in [0.717, 1.165) is 17.5 Å². The quantitative estimate of drug-likeness (QED) is 0.809. The lowest BCUT2D eigenvalue weighted by atomic mass is 9.74. The Balaban J connectivity index is 1.84. The second kappa shape index (κ2) is 4.66. The first-order valence-electron chi connectivity index (χ1n) is 7.50. The Morgan fingerprint density at radius 1 is 0.667 bits per heavy atom. The third kappa shape index (κ3) is 1.86. The van der Waals surface area contributed by atoms with Gasteiger partial charge in [0.25, 0.3) is 0 Å². The molecule has 0 heterocycles. The van der Waals surface area contributed by atoms with Crippen molar-refractivity contribution in [1.29, 1.82) is 0 Å². The van der Waals surface area contributed by atoms with Gasteiger partial charge in [0.15, 0.2) is 0 Å². The third-order valence-corrected chi connectivity index (χ3v) is 5.05. The summed E-state index contributed by atoms with van der Waals surface area (Å²) in [5.41, 5.74) is 2.00. The molecule has 0 radical (unpaired) electrons. The van der Waals surface area contributed by atoms with Gasteiger partial charge in [0, 0.05) is 11.8 Å². The minimum Gasteiger partial charge on any atom is -0.508 e. The summed E-state index contributed by atoms with van der Waals surface area (Å²) in [6.07, 6.45) is 5.66. The van der Waals surface area contributed by atoms with Crippen molar-refractivity contribution in [2.24, 2.45) is 11.8 Å². The van der Waals surface area contributed by atoms with Crippen LogP contribution in [-0.2, 0) is 0 Å². The van der Waals surface area contributed by atoms with Gasteiger partial charge in [-0.05, 0) is 41.5 Å². The second-order valence-corrected chi connectivity index (χ2v) is 6.12. The van der Waals surface area contributed by atoms with Crippen LogP contribution in [0.2, 0.25) is 0 Å². The second-order valence-electron chi connectivity index (χ2n) is 6.12. The molecular formula is C19H18O2. The van der Waals surface area contributed by atoms with Crippen molar-refractivity contribution in [2.75, 3.05) is 0 Å². The molecule has 2 aliphatic carbocycles. The number of allylic oxidation sites excluding steroid dienone is 2. The molecule has 2 nitrogen and oxygen atoms in total. The average Bonchev–Trinajstić information content (AvgIpc) is 3.09. The molecule has 2 aliphatic rings. The van der Waals surface area contributed by atoms with E-state index in [2.05, 4.69) is 12.2 Å². The summed E-state index contributed by atoms with van der Waals surface area (Å²) in [4.78, 5) is 0. The molecule has 1 fully saturated rings. The van der Waals surface area contributed by atoms with Crippen molar-refractivity contribution in [3.05, 3.63) is 71.8 Å². The minimum absolute atomic E-state index is 0.245. The number of rotatable bonds is 2. The zero-order valence-electron chi connectivity index (χ0n) is 11.7. The van der Waals surface area contributed by atoms with Gasteiger partial charge in [-0.3, -0.25) is 0 Å². The van der Waals surface area contributed by atoms with Crippen molar-refractivity contribution in [3.8, 4) is 11.5 Å². The fourth-order valence-corrected chi connectivity index (χ4v) is 4.21. The number of hydrogen-bond donors (Lipinski definition) is 2. The van der Waals surface area contributed by atoms with E-state index in [4.69, 9.17) is 0 Å². The van der Waals surface area contributed by atoms with Crippen LogP contribution in [0.3, 0.4) is 0 Å². The van der Waals surface area contributed by atoms with E-state index in [1.165, 1.54) is 0 Å². The number of phenols is 2. The van der Waals surface area contributed by atoms with E-state index in [0.29, 0.717) is 23.3 Å². The maximum absolute atomic E-state index is 10.2. The number of benzene rings is 2. The molecule has 21 heavy (non-hydrogen) atoms. The predicted molar refractivity (Wildman–Crippen MR) is 82.4 cm³/mol. The highest BCUT2D eigenvalue weighted by Crippen LogP contribution is 2.59. The van der Waals surface area contributed by atoms with E-state index < -0.39 is 0 Å². The molecule has 4 rings (SSSR count). The summed E-state index contributed by atoms with van der Waals surface area (Å²) in [6.45, 7) is 0. The van der Waals surface area contributed by atoms with Crippen LogP contribution in [0.25, 0.3) is 0 Å². The monoisotopic (exact) mass is 278 g/mol. The molecule has 2 bridgehead atoms. The van der Waals surface area contributed by atoms with Crippen LogP contribution in [0, 0.1) is 11.8 Å². The number of hydrogen-bond acceptors (Lipinski definition) is 2. The summed E-state index contributed by atoms with van der Waals surface area (Å²) >= 11 is 0. The van der Waals surface area contributed by atoms with Crippen LogP contribution < -0.4 is 0 Å². The van der Waals surface area contributed by atoms with Gasteiger partial charge in [0.2, 0.25) is 0 Å². The molecule has 2 aromatic carbocycles. The lowest BCUT2D eigenvalue weighted by Gasteiger charge is -2.29. The summed E-state index contributed by atoms with van der Waals surface area (Å²) in [6, 6.07) is 15.2. The highest BCUT2D eigenvalue weighted by Gasteiger charge is 2.47. The highest BCUT2D eigenvalue weighted by atomic mass is 16.3. The van der Waals surface area contributed by atoms with Crippen molar-refractivity contribution >= 4 is 0 Å². The third-order valence-electron chi connectivity index (χ3n) is 5.05. The normalized spacial score (nSPS) is 29.9. The van der Waals surface area contributed by atoms with Gasteiger partial charge in [-0.25, -0.2) is 0 Å². The highest BCUT2D eigenvalue weighted by molar-refractivity contribution is 5.46. The van der Waals surface area contributed by atoms with Gasteiger partial charge in [0.1, 0.15) is 11.5 Å². The maximum atomic E-state index is 10.2. The van der Waals surface area contributed by atoms with Crippen LogP contribution in [-0.4, -0.2) is 10.2 Å². The van der Waals surface area contributed by atoms with Crippen LogP contribution in [0.5, 0.6) is 11.5 Å². The average molecular weight is 278 g/mol. The minimum atomic E-state index is 0.245.